The van der Waals surface area contributed by atoms with Crippen LogP contribution in [0.15, 0.2) is 0 Å². The number of rotatable bonds is 4. The van der Waals surface area contributed by atoms with Crippen LogP contribution in [0, 0.1) is 0 Å². The molecule has 3 heteroatoms. The SMILES string of the molecule is CC(C)NCCC(=O)O. The number of nitrogens with one attached hydrogen (secondary N) is 1. The van der Waals surface area contributed by atoms with Crippen LogP contribution in [-0.2, 0) is 4.79 Å². The van der Waals surface area contributed by atoms with Crippen molar-refractivity contribution < 1.29 is 9.90 Å². The molecule has 0 fully saturated rings. The lowest BCUT2D eigenvalue weighted by molar-refractivity contribution is -0.136. The number of aliphatic carboxylic acids is 1. The van der Waals surface area contributed by atoms with Gasteiger partial charge in [-0.3, -0.25) is 4.79 Å². The second-order valence-corrected chi connectivity index (χ2v) is 2.25. The average molecular weight is 131 g/mol. The molecule has 3 nitrogen and oxygen atoms in total. The minimum atomic E-state index is -0.747. The first kappa shape index (κ1) is 8.43. The Morgan fingerprint density at radius 1 is 1.67 bits per heavy atom. The third-order valence-corrected chi connectivity index (χ3v) is 0.891. The van der Waals surface area contributed by atoms with Crippen LogP contribution in [0.1, 0.15) is 20.3 Å². The molecule has 2 N–H and O–H groups in total. The molecule has 0 aliphatic rings. The van der Waals surface area contributed by atoms with Crippen molar-refractivity contribution in [2.45, 2.75) is 26.3 Å². The van der Waals surface area contributed by atoms with Gasteiger partial charge < -0.3 is 10.4 Å². The molecule has 0 aromatic heterocycles. The zero-order valence-corrected chi connectivity index (χ0v) is 5.85. The molecule has 0 saturated heterocycles. The summed E-state index contributed by atoms with van der Waals surface area (Å²) in [6.45, 7) is 4.54. The van der Waals surface area contributed by atoms with Gasteiger partial charge in [0, 0.05) is 12.6 Å². The van der Waals surface area contributed by atoms with E-state index in [0.717, 1.165) is 0 Å². The lowest BCUT2D eigenvalue weighted by Crippen LogP contribution is -2.25. The molecule has 0 radical (unpaired) electrons. The van der Waals surface area contributed by atoms with Crippen LogP contribution in [0.5, 0.6) is 0 Å². The van der Waals surface area contributed by atoms with Crippen LogP contribution in [0.25, 0.3) is 0 Å². The van der Waals surface area contributed by atoms with Gasteiger partial charge in [-0.25, -0.2) is 0 Å². The van der Waals surface area contributed by atoms with Crippen LogP contribution in [-0.4, -0.2) is 23.7 Å². The van der Waals surface area contributed by atoms with Crippen molar-refractivity contribution in [2.24, 2.45) is 0 Å². The van der Waals surface area contributed by atoms with Crippen molar-refractivity contribution in [3.8, 4) is 0 Å². The summed E-state index contributed by atoms with van der Waals surface area (Å²) in [6, 6.07) is 0.379. The molecule has 0 rings (SSSR count). The van der Waals surface area contributed by atoms with E-state index < -0.39 is 5.97 Å². The molecule has 0 atom stereocenters. The van der Waals surface area contributed by atoms with Gasteiger partial charge in [0.25, 0.3) is 0 Å². The van der Waals surface area contributed by atoms with Crippen LogP contribution in [0.2, 0.25) is 0 Å². The van der Waals surface area contributed by atoms with Crippen molar-refractivity contribution in [1.82, 2.24) is 5.32 Å². The van der Waals surface area contributed by atoms with Crippen molar-refractivity contribution in [3.05, 3.63) is 0 Å². The fraction of sp³-hybridized carbons (Fsp3) is 0.833. The zero-order chi connectivity index (χ0) is 7.28. The number of carbonyl (C=O) groups is 1. The van der Waals surface area contributed by atoms with Gasteiger partial charge in [-0.15, -0.1) is 0 Å². The third-order valence-electron chi connectivity index (χ3n) is 0.891. The molecule has 0 aromatic rings. The molecule has 0 spiro atoms. The van der Waals surface area contributed by atoms with Crippen molar-refractivity contribution >= 4 is 5.97 Å². The smallest absolute Gasteiger partial charge is 0.304 e. The van der Waals surface area contributed by atoms with E-state index in [2.05, 4.69) is 5.32 Å². The largest absolute Gasteiger partial charge is 0.481 e. The van der Waals surface area contributed by atoms with E-state index in [1.807, 2.05) is 13.8 Å². The molecular weight excluding hydrogens is 118 g/mol. The first-order valence-electron chi connectivity index (χ1n) is 3.08. The van der Waals surface area contributed by atoms with E-state index in [-0.39, 0.29) is 6.42 Å². The summed E-state index contributed by atoms with van der Waals surface area (Å²) in [5.74, 6) is -0.747. The Morgan fingerprint density at radius 2 is 2.22 bits per heavy atom. The average Bonchev–Trinajstić information content (AvgIpc) is 1.63. The first-order chi connectivity index (χ1) is 4.13. The summed E-state index contributed by atoms with van der Waals surface area (Å²) in [5, 5.41) is 11.2. The molecule has 0 saturated carbocycles. The molecule has 0 heterocycles. The summed E-state index contributed by atoms with van der Waals surface area (Å²) >= 11 is 0. The van der Waals surface area contributed by atoms with Crippen molar-refractivity contribution in [1.29, 1.82) is 0 Å². The Labute approximate surface area is 55.1 Å². The molecule has 0 bridgehead atoms. The fourth-order valence-corrected chi connectivity index (χ4v) is 0.468. The van der Waals surface area contributed by atoms with Gasteiger partial charge in [-0.2, -0.15) is 0 Å². The Bertz CT molecular complexity index is 91.1. The fourth-order valence-electron chi connectivity index (χ4n) is 0.468. The highest BCUT2D eigenvalue weighted by molar-refractivity contribution is 5.66. The molecule has 0 unspecified atom stereocenters. The van der Waals surface area contributed by atoms with Crippen molar-refractivity contribution in [3.63, 3.8) is 0 Å². The van der Waals surface area contributed by atoms with E-state index in [0.29, 0.717) is 12.6 Å². The van der Waals surface area contributed by atoms with Gasteiger partial charge in [0.2, 0.25) is 0 Å². The second kappa shape index (κ2) is 4.32. The normalized spacial score (nSPS) is 10.1. The van der Waals surface area contributed by atoms with Gasteiger partial charge in [0.15, 0.2) is 0 Å². The Morgan fingerprint density at radius 3 is 2.56 bits per heavy atom. The van der Waals surface area contributed by atoms with Gasteiger partial charge in [-0.05, 0) is 0 Å². The van der Waals surface area contributed by atoms with E-state index in [4.69, 9.17) is 5.11 Å². The number of hydrogen-bond acceptors (Lipinski definition) is 2. The highest BCUT2D eigenvalue weighted by Gasteiger charge is 1.95. The predicted molar refractivity (Wildman–Crippen MR) is 35.4 cm³/mol. The summed E-state index contributed by atoms with van der Waals surface area (Å²) in [4.78, 5) is 9.94. The van der Waals surface area contributed by atoms with E-state index >= 15 is 0 Å². The summed E-state index contributed by atoms with van der Waals surface area (Å²) in [7, 11) is 0. The summed E-state index contributed by atoms with van der Waals surface area (Å²) < 4.78 is 0. The molecule has 0 aliphatic heterocycles. The molecule has 9 heavy (non-hydrogen) atoms. The number of carboxylic acid groups (broad SMARTS) is 1. The minimum Gasteiger partial charge on any atom is -0.481 e. The van der Waals surface area contributed by atoms with Crippen LogP contribution >= 0.6 is 0 Å². The first-order valence-corrected chi connectivity index (χ1v) is 3.08. The molecule has 54 valence electrons. The summed E-state index contributed by atoms with van der Waals surface area (Å²) in [5.41, 5.74) is 0. The van der Waals surface area contributed by atoms with Crippen LogP contribution < -0.4 is 5.32 Å². The maximum absolute atomic E-state index is 9.94. The lowest BCUT2D eigenvalue weighted by Gasteiger charge is -2.04. The molecular formula is C6H13NO2. The van der Waals surface area contributed by atoms with Gasteiger partial charge >= 0.3 is 5.97 Å². The lowest BCUT2D eigenvalue weighted by atomic mass is 10.3. The topological polar surface area (TPSA) is 49.3 Å². The Balaban J connectivity index is 3.01. The monoisotopic (exact) mass is 131 g/mol. The van der Waals surface area contributed by atoms with E-state index in [1.165, 1.54) is 0 Å². The molecule has 0 aromatic carbocycles. The van der Waals surface area contributed by atoms with Crippen molar-refractivity contribution in [2.75, 3.05) is 6.54 Å². The third kappa shape index (κ3) is 7.43. The van der Waals surface area contributed by atoms with Gasteiger partial charge in [-0.1, -0.05) is 13.8 Å². The Hall–Kier alpha value is -0.570. The molecule has 0 amide bonds. The minimum absolute atomic E-state index is 0.207. The maximum Gasteiger partial charge on any atom is 0.304 e. The summed E-state index contributed by atoms with van der Waals surface area (Å²) in [6.07, 6.45) is 0.207. The second-order valence-electron chi connectivity index (χ2n) is 2.25. The van der Waals surface area contributed by atoms with Gasteiger partial charge in [0.05, 0.1) is 6.42 Å². The van der Waals surface area contributed by atoms with Crippen LogP contribution in [0.3, 0.4) is 0 Å². The van der Waals surface area contributed by atoms with E-state index in [9.17, 15) is 4.79 Å². The predicted octanol–water partition coefficient (Wildman–Crippen LogP) is 0.459. The quantitative estimate of drug-likeness (QED) is 0.582. The Kier molecular flexibility index (Phi) is 4.05. The van der Waals surface area contributed by atoms with E-state index in [1.54, 1.807) is 0 Å². The zero-order valence-electron chi connectivity index (χ0n) is 5.85. The van der Waals surface area contributed by atoms with Gasteiger partial charge in [0.1, 0.15) is 0 Å². The van der Waals surface area contributed by atoms with Crippen LogP contribution in [0.4, 0.5) is 0 Å². The highest BCUT2D eigenvalue weighted by Crippen LogP contribution is 1.79. The number of carboxylic acids is 1. The number of hydrogen-bond donors (Lipinski definition) is 2. The standard InChI is InChI=1S/C6H13NO2/c1-5(2)7-4-3-6(8)9/h5,7H,3-4H2,1-2H3,(H,8,9). The highest BCUT2D eigenvalue weighted by atomic mass is 16.4. The molecule has 0 aliphatic carbocycles. The maximum atomic E-state index is 9.94.